The van der Waals surface area contributed by atoms with Crippen LogP contribution in [0.3, 0.4) is 0 Å². The number of amides is 1. The molecule has 0 saturated carbocycles. The predicted molar refractivity (Wildman–Crippen MR) is 81.2 cm³/mol. The van der Waals surface area contributed by atoms with Gasteiger partial charge in [0.2, 0.25) is 6.41 Å². The number of rotatable bonds is 2. The van der Waals surface area contributed by atoms with Crippen molar-refractivity contribution in [3.63, 3.8) is 0 Å². The summed E-state index contributed by atoms with van der Waals surface area (Å²) in [5.74, 6) is 0. The first-order chi connectivity index (χ1) is 9.61. The van der Waals surface area contributed by atoms with Crippen LogP contribution in [-0.2, 0) is 4.79 Å². The molecule has 2 N–H and O–H groups in total. The number of pyridine rings is 1. The summed E-state index contributed by atoms with van der Waals surface area (Å²) < 4.78 is 0. The van der Waals surface area contributed by atoms with Crippen molar-refractivity contribution in [2.45, 2.75) is 13.8 Å². The maximum atomic E-state index is 12.6. The fourth-order valence-electron chi connectivity index (χ4n) is 2.70. The molecule has 3 aromatic rings. The molecule has 0 saturated heterocycles. The lowest BCUT2D eigenvalue weighted by atomic mass is 10.0. The molecule has 0 unspecified atom stereocenters. The Bertz CT molecular complexity index is 894. The fraction of sp³-hybridized carbons (Fsp3) is 0.125. The second-order valence-corrected chi connectivity index (χ2v) is 4.95. The maximum Gasteiger partial charge on any atom is 0.211 e. The van der Waals surface area contributed by atoms with Crippen LogP contribution in [-0.4, -0.2) is 11.4 Å². The van der Waals surface area contributed by atoms with Crippen LogP contribution in [0.1, 0.15) is 11.1 Å². The van der Waals surface area contributed by atoms with E-state index in [0.29, 0.717) is 28.4 Å². The van der Waals surface area contributed by atoms with Crippen molar-refractivity contribution in [2.75, 3.05) is 5.32 Å². The molecule has 0 atom stereocenters. The third-order valence-corrected chi connectivity index (χ3v) is 3.49. The van der Waals surface area contributed by atoms with Crippen LogP contribution in [0.15, 0.2) is 35.1 Å². The summed E-state index contributed by atoms with van der Waals surface area (Å²) in [5, 5.41) is 3.90. The summed E-state index contributed by atoms with van der Waals surface area (Å²) >= 11 is 0. The van der Waals surface area contributed by atoms with E-state index in [1.807, 2.05) is 26.0 Å². The maximum absolute atomic E-state index is 12.6. The smallest absolute Gasteiger partial charge is 0.211 e. The molecule has 1 amide bonds. The van der Waals surface area contributed by atoms with Gasteiger partial charge < -0.3 is 10.3 Å². The molecule has 1 aromatic heterocycles. The molecule has 100 valence electrons. The summed E-state index contributed by atoms with van der Waals surface area (Å²) in [7, 11) is 0. The number of hydrogen-bond acceptors (Lipinski definition) is 2. The molecule has 0 aliphatic rings. The van der Waals surface area contributed by atoms with E-state index in [1.54, 1.807) is 18.2 Å². The van der Waals surface area contributed by atoms with E-state index in [2.05, 4.69) is 10.3 Å². The number of fused-ring (bicyclic) bond motifs is 2. The van der Waals surface area contributed by atoms with Gasteiger partial charge in [0, 0.05) is 10.8 Å². The zero-order valence-electron chi connectivity index (χ0n) is 11.3. The van der Waals surface area contributed by atoms with Gasteiger partial charge in [0.25, 0.3) is 0 Å². The highest BCUT2D eigenvalue weighted by Gasteiger charge is 2.10. The molecule has 0 spiro atoms. The van der Waals surface area contributed by atoms with Crippen LogP contribution in [0.2, 0.25) is 0 Å². The first kappa shape index (κ1) is 12.4. The summed E-state index contributed by atoms with van der Waals surface area (Å²) in [5.41, 5.74) is 4.08. The predicted octanol–water partition coefficient (Wildman–Crippen LogP) is 2.87. The molecule has 0 bridgehead atoms. The Morgan fingerprint density at radius 3 is 2.75 bits per heavy atom. The number of carbonyl (C=O) groups excluding carboxylic acids is 1. The van der Waals surface area contributed by atoms with Gasteiger partial charge in [-0.25, -0.2) is 0 Å². The topological polar surface area (TPSA) is 62.0 Å². The lowest BCUT2D eigenvalue weighted by Gasteiger charge is -2.09. The molecule has 2 aromatic carbocycles. The fourth-order valence-corrected chi connectivity index (χ4v) is 2.70. The first-order valence-corrected chi connectivity index (χ1v) is 6.38. The number of para-hydroxylation sites is 1. The van der Waals surface area contributed by atoms with Gasteiger partial charge in [-0.1, -0.05) is 12.1 Å². The standard InChI is InChI=1S/C16H14N2O2/c1-9-6-10(2)14-13(7-9)18-15-11(16(14)20)4-3-5-12(15)17-8-19/h3-8H,1-2H3,(H,17,19)(H,18,20). The Labute approximate surface area is 115 Å². The average Bonchev–Trinajstić information content (AvgIpc) is 2.39. The van der Waals surface area contributed by atoms with Crippen molar-refractivity contribution in [1.29, 1.82) is 0 Å². The number of aryl methyl sites for hydroxylation is 2. The summed E-state index contributed by atoms with van der Waals surface area (Å²) in [6, 6.07) is 9.24. The summed E-state index contributed by atoms with van der Waals surface area (Å²) in [4.78, 5) is 26.6. The lowest BCUT2D eigenvalue weighted by molar-refractivity contribution is -0.105. The van der Waals surface area contributed by atoms with Crippen LogP contribution in [0.25, 0.3) is 21.8 Å². The van der Waals surface area contributed by atoms with Crippen LogP contribution in [0.4, 0.5) is 5.69 Å². The lowest BCUT2D eigenvalue weighted by Crippen LogP contribution is -2.08. The molecular formula is C16H14N2O2. The van der Waals surface area contributed by atoms with Crippen molar-refractivity contribution >= 4 is 33.9 Å². The highest BCUT2D eigenvalue weighted by atomic mass is 16.1. The Kier molecular flexibility index (Phi) is 2.79. The van der Waals surface area contributed by atoms with Gasteiger partial charge >= 0.3 is 0 Å². The van der Waals surface area contributed by atoms with Crippen molar-refractivity contribution in [3.8, 4) is 0 Å². The minimum atomic E-state index is -0.0131. The van der Waals surface area contributed by atoms with Crippen LogP contribution in [0.5, 0.6) is 0 Å². The minimum Gasteiger partial charge on any atom is -0.353 e. The molecular weight excluding hydrogens is 252 g/mol. The normalized spacial score (nSPS) is 10.9. The van der Waals surface area contributed by atoms with Gasteiger partial charge in [-0.05, 0) is 43.2 Å². The molecule has 4 heteroatoms. The molecule has 3 rings (SSSR count). The number of benzene rings is 2. The van der Waals surface area contributed by atoms with Crippen molar-refractivity contribution in [3.05, 3.63) is 51.7 Å². The largest absolute Gasteiger partial charge is 0.353 e. The van der Waals surface area contributed by atoms with Gasteiger partial charge in [0.05, 0.1) is 16.7 Å². The zero-order chi connectivity index (χ0) is 14.3. The number of nitrogens with one attached hydrogen (secondary N) is 2. The monoisotopic (exact) mass is 266 g/mol. The minimum absolute atomic E-state index is 0.0131. The Balaban J connectivity index is 2.54. The third kappa shape index (κ3) is 1.77. The van der Waals surface area contributed by atoms with Gasteiger partial charge in [-0.15, -0.1) is 0 Å². The van der Waals surface area contributed by atoms with E-state index < -0.39 is 0 Å². The van der Waals surface area contributed by atoms with E-state index in [4.69, 9.17) is 0 Å². The first-order valence-electron chi connectivity index (χ1n) is 6.38. The molecule has 20 heavy (non-hydrogen) atoms. The zero-order valence-corrected chi connectivity index (χ0v) is 11.3. The third-order valence-electron chi connectivity index (χ3n) is 3.49. The SMILES string of the molecule is Cc1cc(C)c2c(=O)c3cccc(NC=O)c3[nH]c2c1. The Hall–Kier alpha value is -2.62. The second-order valence-electron chi connectivity index (χ2n) is 4.95. The molecule has 4 nitrogen and oxygen atoms in total. The van der Waals surface area contributed by atoms with E-state index in [-0.39, 0.29) is 5.43 Å². The van der Waals surface area contributed by atoms with Crippen molar-refractivity contribution < 1.29 is 4.79 Å². The molecule has 0 fully saturated rings. The highest BCUT2D eigenvalue weighted by Crippen LogP contribution is 2.23. The number of hydrogen-bond donors (Lipinski definition) is 2. The Morgan fingerprint density at radius 1 is 1.20 bits per heavy atom. The van der Waals surface area contributed by atoms with Crippen LogP contribution < -0.4 is 10.7 Å². The molecule has 0 aliphatic heterocycles. The van der Waals surface area contributed by atoms with Gasteiger partial charge in [-0.2, -0.15) is 0 Å². The summed E-state index contributed by atoms with van der Waals surface area (Å²) in [6.07, 6.45) is 0.610. The van der Waals surface area contributed by atoms with Crippen molar-refractivity contribution in [2.24, 2.45) is 0 Å². The summed E-state index contributed by atoms with van der Waals surface area (Å²) in [6.45, 7) is 3.93. The van der Waals surface area contributed by atoms with Gasteiger partial charge in [0.15, 0.2) is 5.43 Å². The van der Waals surface area contributed by atoms with Gasteiger partial charge in [-0.3, -0.25) is 9.59 Å². The van der Waals surface area contributed by atoms with E-state index in [9.17, 15) is 9.59 Å². The number of anilines is 1. The quantitative estimate of drug-likeness (QED) is 0.553. The van der Waals surface area contributed by atoms with E-state index in [1.165, 1.54) is 0 Å². The number of carbonyl (C=O) groups is 1. The van der Waals surface area contributed by atoms with Crippen molar-refractivity contribution in [1.82, 2.24) is 4.98 Å². The second kappa shape index (κ2) is 4.49. The van der Waals surface area contributed by atoms with Gasteiger partial charge in [0.1, 0.15) is 0 Å². The number of H-pyrrole nitrogens is 1. The average molecular weight is 266 g/mol. The number of aromatic nitrogens is 1. The van der Waals surface area contributed by atoms with Crippen LogP contribution in [0, 0.1) is 13.8 Å². The Morgan fingerprint density at radius 2 is 2.00 bits per heavy atom. The molecule has 0 aliphatic carbocycles. The van der Waals surface area contributed by atoms with E-state index in [0.717, 1.165) is 16.6 Å². The highest BCUT2D eigenvalue weighted by molar-refractivity contribution is 6.01. The van der Waals surface area contributed by atoms with Crippen LogP contribution >= 0.6 is 0 Å². The molecule has 1 heterocycles. The van der Waals surface area contributed by atoms with E-state index >= 15 is 0 Å². The number of aromatic amines is 1. The molecule has 0 radical (unpaired) electrons.